The minimum Gasteiger partial charge on any atom is -0.479 e. The lowest BCUT2D eigenvalue weighted by Crippen LogP contribution is -1.97. The van der Waals surface area contributed by atoms with Crippen molar-refractivity contribution in [3.05, 3.63) is 71.5 Å². The molecule has 0 N–H and O–H groups in total. The third-order valence-corrected chi connectivity index (χ3v) is 5.02. The predicted molar refractivity (Wildman–Crippen MR) is 104 cm³/mol. The lowest BCUT2D eigenvalue weighted by molar-refractivity contribution is 0.387. The Labute approximate surface area is 160 Å². The Hall–Kier alpha value is -2.57. The molecule has 0 spiro atoms. The number of methoxy groups -OCH3 is 1. The Morgan fingerprint density at radius 2 is 1.92 bits per heavy atom. The molecule has 0 amide bonds. The van der Waals surface area contributed by atoms with Crippen LogP contribution >= 0.6 is 23.4 Å². The molecule has 0 radical (unpaired) electrons. The first-order chi connectivity index (χ1) is 12.7. The number of thioether (sulfide) groups is 1. The maximum absolute atomic E-state index is 5.98. The first-order valence-corrected chi connectivity index (χ1v) is 9.33. The van der Waals surface area contributed by atoms with Gasteiger partial charge in [0.05, 0.1) is 12.8 Å². The van der Waals surface area contributed by atoms with Crippen LogP contribution in [-0.4, -0.2) is 26.7 Å². The summed E-state index contributed by atoms with van der Waals surface area (Å²) in [5.41, 5.74) is 3.41. The van der Waals surface area contributed by atoms with Crippen LogP contribution in [0.5, 0.6) is 5.88 Å². The molecule has 3 heterocycles. The Morgan fingerprint density at radius 1 is 1.08 bits per heavy atom. The number of hydrogen-bond donors (Lipinski definition) is 0. The summed E-state index contributed by atoms with van der Waals surface area (Å²) < 4.78 is 7.31. The van der Waals surface area contributed by atoms with Crippen molar-refractivity contribution >= 4 is 29.0 Å². The van der Waals surface area contributed by atoms with Gasteiger partial charge in [0.1, 0.15) is 10.7 Å². The van der Waals surface area contributed by atoms with Crippen LogP contribution < -0.4 is 4.74 Å². The lowest BCUT2D eigenvalue weighted by Gasteiger charge is -2.04. The Balaban J connectivity index is 1.68. The normalized spacial score (nSPS) is 11.0. The monoisotopic (exact) mass is 382 g/mol. The van der Waals surface area contributed by atoms with Crippen LogP contribution in [0, 0.1) is 0 Å². The fourth-order valence-electron chi connectivity index (χ4n) is 2.58. The molecule has 0 fully saturated rings. The van der Waals surface area contributed by atoms with Crippen molar-refractivity contribution in [3.63, 3.8) is 0 Å². The van der Waals surface area contributed by atoms with Gasteiger partial charge in [-0.15, -0.1) is 0 Å². The molecule has 0 aliphatic rings. The molecule has 3 aromatic heterocycles. The Bertz CT molecular complexity index is 1030. The Morgan fingerprint density at radius 3 is 2.65 bits per heavy atom. The second-order valence-corrected chi connectivity index (χ2v) is 6.96. The number of hydrogen-bond acceptors (Lipinski definition) is 5. The van der Waals surface area contributed by atoms with Gasteiger partial charge in [0.15, 0.2) is 5.65 Å². The molecule has 0 aliphatic carbocycles. The van der Waals surface area contributed by atoms with Crippen molar-refractivity contribution in [3.8, 4) is 17.1 Å². The maximum Gasteiger partial charge on any atom is 0.243 e. The number of ether oxygens (including phenoxy) is 1. The first kappa shape index (κ1) is 16.9. The summed E-state index contributed by atoms with van der Waals surface area (Å²) >= 11 is 7.60. The summed E-state index contributed by atoms with van der Waals surface area (Å²) in [5, 5.41) is 6.22. The number of rotatable bonds is 5. The first-order valence-electron chi connectivity index (χ1n) is 7.97. The summed E-state index contributed by atoms with van der Waals surface area (Å²) in [6.07, 6.45) is 1.80. The van der Waals surface area contributed by atoms with E-state index in [9.17, 15) is 0 Å². The van der Waals surface area contributed by atoms with Gasteiger partial charge < -0.3 is 4.74 Å². The van der Waals surface area contributed by atoms with Crippen LogP contribution in [0.4, 0.5) is 0 Å². The van der Waals surface area contributed by atoms with E-state index in [0.29, 0.717) is 10.9 Å². The minimum atomic E-state index is 0.600. The van der Waals surface area contributed by atoms with Gasteiger partial charge in [0.25, 0.3) is 0 Å². The lowest BCUT2D eigenvalue weighted by atomic mass is 10.2. The van der Waals surface area contributed by atoms with Crippen molar-refractivity contribution in [2.45, 2.75) is 10.8 Å². The zero-order valence-corrected chi connectivity index (χ0v) is 15.5. The summed E-state index contributed by atoms with van der Waals surface area (Å²) in [6, 6.07) is 17.3. The summed E-state index contributed by atoms with van der Waals surface area (Å²) in [4.78, 5) is 8.99. The molecule has 130 valence electrons. The molecule has 4 aromatic rings. The quantitative estimate of drug-likeness (QED) is 0.466. The van der Waals surface area contributed by atoms with E-state index in [1.54, 1.807) is 29.6 Å². The van der Waals surface area contributed by atoms with Crippen LogP contribution in [0.1, 0.15) is 5.69 Å². The van der Waals surface area contributed by atoms with Crippen LogP contribution in [0.3, 0.4) is 0 Å². The number of nitrogens with zero attached hydrogens (tertiary/aromatic N) is 4. The molecule has 7 heteroatoms. The van der Waals surface area contributed by atoms with E-state index in [-0.39, 0.29) is 0 Å². The molecule has 0 aliphatic heterocycles. The average Bonchev–Trinajstić information content (AvgIpc) is 3.05. The maximum atomic E-state index is 5.98. The van der Waals surface area contributed by atoms with E-state index in [2.05, 4.69) is 15.1 Å². The van der Waals surface area contributed by atoms with E-state index in [1.807, 2.05) is 54.6 Å². The largest absolute Gasteiger partial charge is 0.479 e. The van der Waals surface area contributed by atoms with Crippen molar-refractivity contribution in [2.24, 2.45) is 0 Å². The zero-order chi connectivity index (χ0) is 17.9. The second kappa shape index (κ2) is 7.35. The van der Waals surface area contributed by atoms with Crippen molar-refractivity contribution < 1.29 is 4.74 Å². The Kier molecular flexibility index (Phi) is 4.77. The third kappa shape index (κ3) is 3.38. The van der Waals surface area contributed by atoms with E-state index < -0.39 is 0 Å². The highest BCUT2D eigenvalue weighted by molar-refractivity contribution is 7.98. The second-order valence-electron chi connectivity index (χ2n) is 5.53. The highest BCUT2D eigenvalue weighted by atomic mass is 35.5. The third-order valence-electron chi connectivity index (χ3n) is 3.82. The van der Waals surface area contributed by atoms with Gasteiger partial charge in [-0.3, -0.25) is 4.98 Å². The topological polar surface area (TPSA) is 52.3 Å². The standard InChI is InChI=1S/C19H15ClN4OS/c1-25-19-18(13-5-7-14(20)8-6-13)22-16-9-10-17(23-24(16)19)26-12-15-4-2-3-11-21-15/h2-11H,12H2,1H3. The van der Waals surface area contributed by atoms with Gasteiger partial charge in [-0.25, -0.2) is 4.98 Å². The van der Waals surface area contributed by atoms with E-state index in [4.69, 9.17) is 16.3 Å². The number of imidazole rings is 1. The van der Waals surface area contributed by atoms with Crippen LogP contribution in [0.15, 0.2) is 65.8 Å². The molecular formula is C19H15ClN4OS. The van der Waals surface area contributed by atoms with Gasteiger partial charge in [-0.05, 0) is 36.4 Å². The summed E-state index contributed by atoms with van der Waals surface area (Å²) in [5.74, 6) is 1.35. The molecule has 0 saturated carbocycles. The van der Waals surface area contributed by atoms with Gasteiger partial charge in [0, 0.05) is 22.5 Å². The van der Waals surface area contributed by atoms with Gasteiger partial charge in [-0.1, -0.05) is 41.6 Å². The van der Waals surface area contributed by atoms with Crippen LogP contribution in [0.25, 0.3) is 16.9 Å². The number of pyridine rings is 1. The molecular weight excluding hydrogens is 368 g/mol. The smallest absolute Gasteiger partial charge is 0.243 e. The predicted octanol–water partition coefficient (Wildman–Crippen LogP) is 4.75. The van der Waals surface area contributed by atoms with Crippen LogP contribution in [0.2, 0.25) is 5.02 Å². The molecule has 5 nitrogen and oxygen atoms in total. The number of aromatic nitrogens is 4. The number of benzene rings is 1. The summed E-state index contributed by atoms with van der Waals surface area (Å²) in [6.45, 7) is 0. The molecule has 1 aromatic carbocycles. The van der Waals surface area contributed by atoms with Crippen molar-refractivity contribution in [1.29, 1.82) is 0 Å². The molecule has 26 heavy (non-hydrogen) atoms. The molecule has 0 atom stereocenters. The average molecular weight is 383 g/mol. The minimum absolute atomic E-state index is 0.600. The zero-order valence-electron chi connectivity index (χ0n) is 14.0. The van der Waals surface area contributed by atoms with E-state index in [1.165, 1.54) is 0 Å². The SMILES string of the molecule is COc1c(-c2ccc(Cl)cc2)nc2ccc(SCc3ccccn3)nn12. The number of halogens is 1. The highest BCUT2D eigenvalue weighted by Gasteiger charge is 2.16. The fraction of sp³-hybridized carbons (Fsp3) is 0.105. The van der Waals surface area contributed by atoms with E-state index >= 15 is 0 Å². The number of fused-ring (bicyclic) bond motifs is 1. The van der Waals surface area contributed by atoms with Gasteiger partial charge in [-0.2, -0.15) is 9.61 Å². The van der Waals surface area contributed by atoms with E-state index in [0.717, 1.165) is 33.4 Å². The van der Waals surface area contributed by atoms with Gasteiger partial charge in [0.2, 0.25) is 5.88 Å². The molecule has 0 bridgehead atoms. The van der Waals surface area contributed by atoms with Crippen molar-refractivity contribution in [1.82, 2.24) is 19.6 Å². The van der Waals surface area contributed by atoms with Gasteiger partial charge >= 0.3 is 0 Å². The van der Waals surface area contributed by atoms with Crippen molar-refractivity contribution in [2.75, 3.05) is 7.11 Å². The summed E-state index contributed by atoms with van der Waals surface area (Å²) in [7, 11) is 1.62. The molecule has 4 rings (SSSR count). The molecule has 0 saturated heterocycles. The fourth-order valence-corrected chi connectivity index (χ4v) is 3.48. The highest BCUT2D eigenvalue weighted by Crippen LogP contribution is 2.31. The van der Waals surface area contributed by atoms with Crippen LogP contribution in [-0.2, 0) is 5.75 Å². The molecule has 0 unspecified atom stereocenters.